The zero-order chi connectivity index (χ0) is 8.20. The van der Waals surface area contributed by atoms with Gasteiger partial charge < -0.3 is 4.74 Å². The number of carbonyl (C=O) groups excluding carboxylic acids is 1. The number of rotatable bonds is 3. The number of nitrogens with one attached hydrogen (secondary N) is 1. The van der Waals surface area contributed by atoms with E-state index in [1.807, 2.05) is 0 Å². The molecule has 0 amide bonds. The Bertz CT molecular complexity index is 207. The van der Waals surface area contributed by atoms with Crippen LogP contribution in [0.5, 0.6) is 0 Å². The quantitative estimate of drug-likeness (QED) is 0.608. The van der Waals surface area contributed by atoms with Gasteiger partial charge in [-0.15, -0.1) is 0 Å². The highest BCUT2D eigenvalue weighted by Crippen LogP contribution is 1.87. The molecule has 0 heterocycles. The summed E-state index contributed by atoms with van der Waals surface area (Å²) in [4.78, 5) is 10.5. The van der Waals surface area contributed by atoms with Gasteiger partial charge in [-0.3, -0.25) is 9.57 Å². The van der Waals surface area contributed by atoms with Crippen LogP contribution in [0.15, 0.2) is 0 Å². The van der Waals surface area contributed by atoms with Crippen LogP contribution in [0.1, 0.15) is 6.92 Å². The Morgan fingerprint density at radius 1 is 1.70 bits per heavy atom. The first-order valence-corrected chi connectivity index (χ1v) is 4.96. The molecule has 1 unspecified atom stereocenters. The molecule has 0 bridgehead atoms. The fourth-order valence-electron chi connectivity index (χ4n) is 0.428. The Hall–Kier alpha value is -0.580. The van der Waals surface area contributed by atoms with Gasteiger partial charge in [0.2, 0.25) is 0 Å². The molecule has 0 aromatic carbocycles. The molecule has 0 spiro atoms. The highest BCUT2D eigenvalue weighted by Gasteiger charge is 2.07. The van der Waals surface area contributed by atoms with Gasteiger partial charge in [-0.1, -0.05) is 0 Å². The fraction of sp³-hybridized carbons (Fsp3) is 0.800. The predicted octanol–water partition coefficient (Wildman–Crippen LogP) is 0.226. The van der Waals surface area contributed by atoms with Gasteiger partial charge in [-0.05, 0) is 6.92 Å². The van der Waals surface area contributed by atoms with Crippen LogP contribution in [0.25, 0.3) is 0 Å². The van der Waals surface area contributed by atoms with Crippen LogP contribution in [-0.4, -0.2) is 28.8 Å². The van der Waals surface area contributed by atoms with E-state index in [4.69, 9.17) is 4.78 Å². The van der Waals surface area contributed by atoms with Gasteiger partial charge in [-0.25, -0.2) is 4.21 Å². The lowest BCUT2D eigenvalue weighted by Crippen LogP contribution is -2.15. The lowest BCUT2D eigenvalue weighted by atomic mass is 10.8. The Kier molecular flexibility index (Phi) is 3.35. The van der Waals surface area contributed by atoms with E-state index >= 15 is 0 Å². The van der Waals surface area contributed by atoms with Crippen molar-refractivity contribution in [1.82, 2.24) is 0 Å². The minimum absolute atomic E-state index is 0.272. The average molecular weight is 165 g/mol. The number of hydrogen-bond acceptors (Lipinski definition) is 4. The minimum Gasteiger partial charge on any atom is -0.465 e. The summed E-state index contributed by atoms with van der Waals surface area (Å²) in [5, 5.41) is 0. The topological polar surface area (TPSA) is 67.2 Å². The van der Waals surface area contributed by atoms with Crippen molar-refractivity contribution < 1.29 is 13.7 Å². The van der Waals surface area contributed by atoms with Gasteiger partial charge in [0.25, 0.3) is 0 Å². The van der Waals surface area contributed by atoms with Crippen LogP contribution < -0.4 is 0 Å². The standard InChI is InChI=1S/C5H11NO3S/c1-3-9-5(7)4-10(2,6)8/h6H,3-4H2,1-2H3. The van der Waals surface area contributed by atoms with Crippen LogP contribution in [0, 0.1) is 4.78 Å². The molecule has 0 rings (SSSR count). The highest BCUT2D eigenvalue weighted by molar-refractivity contribution is 7.92. The second-order valence-corrected chi connectivity index (χ2v) is 4.25. The third-order valence-electron chi connectivity index (χ3n) is 0.699. The third kappa shape index (κ3) is 5.55. The number of ether oxygens (including phenoxy) is 1. The normalized spacial score (nSPS) is 15.8. The fourth-order valence-corrected chi connectivity index (χ4v) is 0.961. The lowest BCUT2D eigenvalue weighted by Gasteiger charge is -1.99. The number of carbonyl (C=O) groups is 1. The predicted molar refractivity (Wildman–Crippen MR) is 38.3 cm³/mol. The summed E-state index contributed by atoms with van der Waals surface area (Å²) in [6, 6.07) is 0. The largest absolute Gasteiger partial charge is 0.465 e. The van der Waals surface area contributed by atoms with Crippen molar-refractivity contribution >= 4 is 15.7 Å². The van der Waals surface area contributed by atoms with Gasteiger partial charge >= 0.3 is 5.97 Å². The molecule has 0 radical (unpaired) electrons. The van der Waals surface area contributed by atoms with Crippen LogP contribution in [-0.2, 0) is 19.3 Å². The Balaban J connectivity index is 3.82. The van der Waals surface area contributed by atoms with Crippen LogP contribution in [0.3, 0.4) is 0 Å². The smallest absolute Gasteiger partial charge is 0.319 e. The van der Waals surface area contributed by atoms with Crippen molar-refractivity contribution in [2.75, 3.05) is 18.6 Å². The molecule has 0 aliphatic carbocycles. The van der Waals surface area contributed by atoms with Crippen molar-refractivity contribution in [2.24, 2.45) is 0 Å². The van der Waals surface area contributed by atoms with E-state index in [9.17, 15) is 9.00 Å². The van der Waals surface area contributed by atoms with Gasteiger partial charge in [-0.2, -0.15) is 0 Å². The average Bonchev–Trinajstić information content (AvgIpc) is 1.59. The molecule has 0 aromatic heterocycles. The summed E-state index contributed by atoms with van der Waals surface area (Å²) in [6.45, 7) is 1.94. The summed E-state index contributed by atoms with van der Waals surface area (Å²) < 4.78 is 22.0. The van der Waals surface area contributed by atoms with E-state index in [0.717, 1.165) is 0 Å². The van der Waals surface area contributed by atoms with E-state index < -0.39 is 15.7 Å². The van der Waals surface area contributed by atoms with E-state index in [0.29, 0.717) is 0 Å². The molecular formula is C5H11NO3S. The van der Waals surface area contributed by atoms with Crippen molar-refractivity contribution in [1.29, 1.82) is 4.78 Å². The zero-order valence-corrected chi connectivity index (χ0v) is 6.86. The third-order valence-corrected chi connectivity index (χ3v) is 1.49. The maximum atomic E-state index is 10.6. The molecule has 0 aromatic rings. The van der Waals surface area contributed by atoms with Crippen LogP contribution >= 0.6 is 0 Å². The molecule has 5 heteroatoms. The number of esters is 1. The molecule has 0 aliphatic rings. The molecule has 0 fully saturated rings. The Labute approximate surface area is 60.5 Å². The molecule has 60 valence electrons. The molecule has 0 aliphatic heterocycles. The first kappa shape index (κ1) is 9.42. The lowest BCUT2D eigenvalue weighted by molar-refractivity contribution is -0.139. The number of hydrogen-bond donors (Lipinski definition) is 1. The summed E-state index contributed by atoms with van der Waals surface area (Å²) in [7, 11) is -2.72. The Morgan fingerprint density at radius 3 is 2.50 bits per heavy atom. The SMILES string of the molecule is CCOC(=O)CS(C)(=N)=O. The first-order chi connectivity index (χ1) is 4.45. The van der Waals surface area contributed by atoms with Crippen molar-refractivity contribution in [3.8, 4) is 0 Å². The monoisotopic (exact) mass is 165 g/mol. The second kappa shape index (κ2) is 3.55. The van der Waals surface area contributed by atoms with Crippen molar-refractivity contribution in [3.63, 3.8) is 0 Å². The second-order valence-electron chi connectivity index (χ2n) is 1.95. The molecule has 1 atom stereocenters. The summed E-state index contributed by atoms with van der Waals surface area (Å²) >= 11 is 0. The summed E-state index contributed by atoms with van der Waals surface area (Å²) in [6.07, 6.45) is 1.21. The molecular weight excluding hydrogens is 154 g/mol. The van der Waals surface area contributed by atoms with Gasteiger partial charge in [0, 0.05) is 6.26 Å². The zero-order valence-electron chi connectivity index (χ0n) is 6.05. The Morgan fingerprint density at radius 2 is 2.20 bits per heavy atom. The van der Waals surface area contributed by atoms with Gasteiger partial charge in [0.05, 0.1) is 16.3 Å². The highest BCUT2D eigenvalue weighted by atomic mass is 32.2. The molecule has 0 saturated heterocycles. The molecule has 0 saturated carbocycles. The molecule has 10 heavy (non-hydrogen) atoms. The van der Waals surface area contributed by atoms with E-state index in [-0.39, 0.29) is 12.4 Å². The summed E-state index contributed by atoms with van der Waals surface area (Å²) in [5.74, 6) is -0.870. The van der Waals surface area contributed by atoms with Crippen LogP contribution in [0.4, 0.5) is 0 Å². The van der Waals surface area contributed by atoms with Gasteiger partial charge in [0.15, 0.2) is 0 Å². The van der Waals surface area contributed by atoms with E-state index in [2.05, 4.69) is 4.74 Å². The van der Waals surface area contributed by atoms with Crippen LogP contribution in [0.2, 0.25) is 0 Å². The maximum absolute atomic E-state index is 10.6. The maximum Gasteiger partial charge on any atom is 0.319 e. The first-order valence-electron chi connectivity index (χ1n) is 2.83. The van der Waals surface area contributed by atoms with Crippen molar-refractivity contribution in [2.45, 2.75) is 6.92 Å². The minimum atomic E-state index is -2.72. The van der Waals surface area contributed by atoms with Gasteiger partial charge in [0.1, 0.15) is 5.75 Å². The summed E-state index contributed by atoms with van der Waals surface area (Å²) in [5.41, 5.74) is 0. The van der Waals surface area contributed by atoms with E-state index in [1.165, 1.54) is 6.26 Å². The van der Waals surface area contributed by atoms with E-state index in [1.54, 1.807) is 6.92 Å². The van der Waals surface area contributed by atoms with Crippen molar-refractivity contribution in [3.05, 3.63) is 0 Å². The molecule has 1 N–H and O–H groups in total. The molecule has 4 nitrogen and oxygen atoms in total.